The zero-order chi connectivity index (χ0) is 10.1. The molecule has 1 amide bonds. The van der Waals surface area contributed by atoms with Gasteiger partial charge in [0.25, 0.3) is 5.91 Å². The smallest absolute Gasteiger partial charge is 0.267 e. The molecule has 2 heterocycles. The van der Waals surface area contributed by atoms with Crippen molar-refractivity contribution < 1.29 is 4.79 Å². The number of aromatic nitrogens is 1. The third-order valence-electron chi connectivity index (χ3n) is 2.23. The van der Waals surface area contributed by atoms with Crippen LogP contribution in [0.1, 0.15) is 16.1 Å². The molecule has 1 saturated heterocycles. The number of likely N-dealkylation sites (tertiary alicyclic amines) is 1. The summed E-state index contributed by atoms with van der Waals surface area (Å²) >= 11 is 7.04. The number of amides is 1. The molecule has 1 aliphatic heterocycles. The van der Waals surface area contributed by atoms with Crippen molar-refractivity contribution in [3.05, 3.63) is 15.5 Å². The molecule has 0 bridgehead atoms. The summed E-state index contributed by atoms with van der Waals surface area (Å²) in [5.41, 5.74) is 7.29. The predicted octanol–water partition coefficient (Wildman–Crippen LogP) is 0.970. The monoisotopic (exact) mass is 231 g/mol. The lowest BCUT2D eigenvalue weighted by Crippen LogP contribution is -2.31. The third-order valence-corrected chi connectivity index (χ3v) is 3.44. The number of halogens is 1. The van der Waals surface area contributed by atoms with Crippen LogP contribution in [0.4, 0.5) is 0 Å². The fraction of sp³-hybridized carbons (Fsp3) is 0.500. The maximum Gasteiger partial charge on any atom is 0.267 e. The Morgan fingerprint density at radius 1 is 1.79 bits per heavy atom. The quantitative estimate of drug-likeness (QED) is 0.784. The molecular weight excluding hydrogens is 222 g/mol. The fourth-order valence-electron chi connectivity index (χ4n) is 1.49. The highest BCUT2D eigenvalue weighted by Crippen LogP contribution is 2.22. The second kappa shape index (κ2) is 3.84. The van der Waals surface area contributed by atoms with Gasteiger partial charge in [0, 0.05) is 19.1 Å². The van der Waals surface area contributed by atoms with Crippen molar-refractivity contribution in [2.75, 3.05) is 13.1 Å². The lowest BCUT2D eigenvalue weighted by Gasteiger charge is -2.14. The molecule has 1 aliphatic rings. The molecule has 14 heavy (non-hydrogen) atoms. The molecule has 2 rings (SSSR count). The summed E-state index contributed by atoms with van der Waals surface area (Å²) in [6.07, 6.45) is 0.863. The first-order valence-electron chi connectivity index (χ1n) is 4.32. The average molecular weight is 232 g/mol. The van der Waals surface area contributed by atoms with Crippen molar-refractivity contribution in [2.45, 2.75) is 12.5 Å². The van der Waals surface area contributed by atoms with Crippen molar-refractivity contribution in [3.63, 3.8) is 0 Å². The molecule has 0 aliphatic carbocycles. The van der Waals surface area contributed by atoms with E-state index in [4.69, 9.17) is 17.3 Å². The number of carbonyl (C=O) groups excluding carboxylic acids is 1. The van der Waals surface area contributed by atoms with E-state index in [0.29, 0.717) is 23.1 Å². The van der Waals surface area contributed by atoms with Crippen LogP contribution in [0, 0.1) is 0 Å². The van der Waals surface area contributed by atoms with Gasteiger partial charge in [0.15, 0.2) is 5.15 Å². The minimum absolute atomic E-state index is 0.0505. The highest BCUT2D eigenvalue weighted by molar-refractivity contribution is 7.12. The first-order chi connectivity index (χ1) is 6.68. The van der Waals surface area contributed by atoms with Gasteiger partial charge in [0.2, 0.25) is 0 Å². The van der Waals surface area contributed by atoms with Crippen molar-refractivity contribution in [2.24, 2.45) is 5.73 Å². The van der Waals surface area contributed by atoms with Gasteiger partial charge in [-0.05, 0) is 6.42 Å². The van der Waals surface area contributed by atoms with E-state index >= 15 is 0 Å². The first kappa shape index (κ1) is 9.89. The molecule has 0 spiro atoms. The third kappa shape index (κ3) is 1.75. The number of rotatable bonds is 1. The number of thiazole rings is 1. The maximum atomic E-state index is 11.8. The second-order valence-electron chi connectivity index (χ2n) is 3.27. The first-order valence-corrected chi connectivity index (χ1v) is 5.58. The Bertz CT molecular complexity index is 354. The lowest BCUT2D eigenvalue weighted by atomic mass is 10.3. The molecule has 0 unspecified atom stereocenters. The van der Waals surface area contributed by atoms with Crippen molar-refractivity contribution >= 4 is 28.8 Å². The summed E-state index contributed by atoms with van der Waals surface area (Å²) in [5, 5.41) is 0.292. The number of hydrogen-bond donors (Lipinski definition) is 1. The van der Waals surface area contributed by atoms with Gasteiger partial charge in [-0.2, -0.15) is 0 Å². The highest BCUT2D eigenvalue weighted by atomic mass is 35.5. The Kier molecular flexibility index (Phi) is 2.71. The molecule has 2 N–H and O–H groups in total. The highest BCUT2D eigenvalue weighted by Gasteiger charge is 2.26. The Morgan fingerprint density at radius 2 is 2.57 bits per heavy atom. The normalized spacial score (nSPS) is 21.6. The summed E-state index contributed by atoms with van der Waals surface area (Å²) in [4.78, 5) is 17.9. The zero-order valence-corrected chi connectivity index (χ0v) is 9.01. The zero-order valence-electron chi connectivity index (χ0n) is 7.44. The molecule has 0 saturated carbocycles. The van der Waals surface area contributed by atoms with E-state index in [-0.39, 0.29) is 11.9 Å². The van der Waals surface area contributed by atoms with Crippen molar-refractivity contribution in [1.29, 1.82) is 0 Å². The van der Waals surface area contributed by atoms with Crippen LogP contribution in [-0.2, 0) is 0 Å². The molecule has 6 heteroatoms. The van der Waals surface area contributed by atoms with Crippen LogP contribution in [0.15, 0.2) is 5.51 Å². The largest absolute Gasteiger partial charge is 0.336 e. The van der Waals surface area contributed by atoms with Crippen molar-refractivity contribution in [1.82, 2.24) is 9.88 Å². The lowest BCUT2D eigenvalue weighted by molar-refractivity contribution is 0.0795. The van der Waals surface area contributed by atoms with Gasteiger partial charge >= 0.3 is 0 Å². The molecule has 0 aromatic carbocycles. The average Bonchev–Trinajstić information content (AvgIpc) is 2.73. The summed E-state index contributed by atoms with van der Waals surface area (Å²) in [6, 6.07) is 0.102. The van der Waals surface area contributed by atoms with Crippen LogP contribution in [0.3, 0.4) is 0 Å². The minimum atomic E-state index is -0.0505. The van der Waals surface area contributed by atoms with Gasteiger partial charge in [-0.3, -0.25) is 4.79 Å². The van der Waals surface area contributed by atoms with Crippen LogP contribution in [0.2, 0.25) is 5.15 Å². The molecule has 1 fully saturated rings. The van der Waals surface area contributed by atoms with Crippen LogP contribution in [0.5, 0.6) is 0 Å². The minimum Gasteiger partial charge on any atom is -0.336 e. The summed E-state index contributed by atoms with van der Waals surface area (Å²) in [6.45, 7) is 1.33. The number of hydrogen-bond acceptors (Lipinski definition) is 4. The fourth-order valence-corrected chi connectivity index (χ4v) is 2.45. The van der Waals surface area contributed by atoms with Crippen LogP contribution < -0.4 is 5.73 Å². The molecule has 1 aromatic rings. The van der Waals surface area contributed by atoms with Crippen molar-refractivity contribution in [3.8, 4) is 0 Å². The van der Waals surface area contributed by atoms with Crippen LogP contribution in [0.25, 0.3) is 0 Å². The molecule has 76 valence electrons. The van der Waals surface area contributed by atoms with E-state index in [1.54, 1.807) is 10.4 Å². The number of nitrogens with zero attached hydrogens (tertiary/aromatic N) is 2. The molecule has 0 radical (unpaired) electrons. The molecule has 4 nitrogen and oxygen atoms in total. The van der Waals surface area contributed by atoms with Gasteiger partial charge in [0.1, 0.15) is 4.88 Å². The van der Waals surface area contributed by atoms with Gasteiger partial charge in [-0.25, -0.2) is 4.98 Å². The number of nitrogens with two attached hydrogens (primary N) is 1. The van der Waals surface area contributed by atoms with Crippen LogP contribution >= 0.6 is 22.9 Å². The standard InChI is InChI=1S/C8H10ClN3OS/c9-7-6(14-4-11-7)8(13)12-2-1-5(10)3-12/h4-5H,1-3,10H2/t5-/m1/s1. The predicted molar refractivity (Wildman–Crippen MR) is 55.6 cm³/mol. The van der Waals surface area contributed by atoms with Gasteiger partial charge in [-0.1, -0.05) is 11.6 Å². The Morgan fingerprint density at radius 3 is 3.07 bits per heavy atom. The molecule has 1 aromatic heterocycles. The summed E-state index contributed by atoms with van der Waals surface area (Å²) in [5.74, 6) is -0.0505. The Hall–Kier alpha value is -0.650. The van der Waals surface area contributed by atoms with E-state index in [9.17, 15) is 4.79 Å². The number of carbonyl (C=O) groups is 1. The maximum absolute atomic E-state index is 11.8. The van der Waals surface area contributed by atoms with E-state index in [1.165, 1.54) is 11.3 Å². The van der Waals surface area contributed by atoms with E-state index in [2.05, 4.69) is 4.98 Å². The Labute approximate surface area is 90.7 Å². The van der Waals surface area contributed by atoms with Gasteiger partial charge < -0.3 is 10.6 Å². The summed E-state index contributed by atoms with van der Waals surface area (Å²) in [7, 11) is 0. The summed E-state index contributed by atoms with van der Waals surface area (Å²) < 4.78 is 0. The van der Waals surface area contributed by atoms with E-state index in [0.717, 1.165) is 6.42 Å². The Balaban J connectivity index is 2.13. The van der Waals surface area contributed by atoms with E-state index < -0.39 is 0 Å². The second-order valence-corrected chi connectivity index (χ2v) is 4.48. The van der Waals surface area contributed by atoms with E-state index in [1.807, 2.05) is 0 Å². The molecular formula is C8H10ClN3OS. The topological polar surface area (TPSA) is 59.2 Å². The van der Waals surface area contributed by atoms with Gasteiger partial charge in [-0.15, -0.1) is 11.3 Å². The SMILES string of the molecule is N[C@@H]1CCN(C(=O)c2scnc2Cl)C1. The van der Waals surface area contributed by atoms with Crippen LogP contribution in [-0.4, -0.2) is 34.9 Å². The van der Waals surface area contributed by atoms with Gasteiger partial charge in [0.05, 0.1) is 5.51 Å². The molecule has 1 atom stereocenters.